The summed E-state index contributed by atoms with van der Waals surface area (Å²) in [7, 11) is 0. The largest absolute Gasteiger partial charge is 0.481 e. The second kappa shape index (κ2) is 6.31. The van der Waals surface area contributed by atoms with Crippen molar-refractivity contribution in [2.45, 2.75) is 25.7 Å². The molecule has 0 bridgehead atoms. The summed E-state index contributed by atoms with van der Waals surface area (Å²) in [6.07, 6.45) is 6.39. The molecule has 0 aromatic carbocycles. The van der Waals surface area contributed by atoms with Crippen molar-refractivity contribution in [3.8, 4) is 0 Å². The zero-order valence-corrected chi connectivity index (χ0v) is 11.1. The number of nitrogens with zero attached hydrogens (tertiary/aromatic N) is 2. The number of aliphatic carboxylic acids is 1. The number of carbonyl (C=O) groups excluding carboxylic acids is 1. The van der Waals surface area contributed by atoms with Crippen molar-refractivity contribution in [1.29, 1.82) is 0 Å². The molecule has 1 heterocycles. The third-order valence-electron chi connectivity index (χ3n) is 3.69. The number of anilines is 1. The van der Waals surface area contributed by atoms with Crippen LogP contribution in [0.3, 0.4) is 0 Å². The molecule has 2 atom stereocenters. The number of carboxylic acid groups (broad SMARTS) is 1. The Hall–Kier alpha value is -2.18. The van der Waals surface area contributed by atoms with E-state index in [2.05, 4.69) is 15.3 Å². The standard InChI is InChI=1S/C13H18N4O3/c14-11(18)10-12(16-6-5-15-10)17-7-8-3-1-2-4-9(8)13(19)20/h5-6,8-9H,1-4,7H2,(H2,14,18)(H,16,17)(H,19,20). The highest BCUT2D eigenvalue weighted by Crippen LogP contribution is 2.30. The molecular formula is C13H18N4O3. The fourth-order valence-corrected chi connectivity index (χ4v) is 2.65. The molecule has 2 unspecified atom stereocenters. The van der Waals surface area contributed by atoms with Gasteiger partial charge in [-0.05, 0) is 18.8 Å². The molecule has 4 N–H and O–H groups in total. The van der Waals surface area contributed by atoms with Crippen LogP contribution >= 0.6 is 0 Å². The lowest BCUT2D eigenvalue weighted by atomic mass is 9.79. The molecule has 0 saturated heterocycles. The Morgan fingerprint density at radius 2 is 2.00 bits per heavy atom. The number of rotatable bonds is 5. The topological polar surface area (TPSA) is 118 Å². The number of carboxylic acids is 1. The zero-order chi connectivity index (χ0) is 14.5. The smallest absolute Gasteiger partial charge is 0.306 e. The maximum atomic E-state index is 11.2. The van der Waals surface area contributed by atoms with E-state index in [4.69, 9.17) is 5.73 Å². The molecule has 0 radical (unpaired) electrons. The number of hydrogen-bond acceptors (Lipinski definition) is 5. The van der Waals surface area contributed by atoms with Crippen LogP contribution in [0.5, 0.6) is 0 Å². The van der Waals surface area contributed by atoms with E-state index in [1.54, 1.807) is 0 Å². The predicted molar refractivity (Wildman–Crippen MR) is 72.1 cm³/mol. The Morgan fingerprint density at radius 1 is 1.30 bits per heavy atom. The Bertz CT molecular complexity index is 506. The second-order valence-electron chi connectivity index (χ2n) is 4.99. The molecule has 0 aliphatic heterocycles. The Labute approximate surface area is 116 Å². The lowest BCUT2D eigenvalue weighted by Crippen LogP contribution is -2.32. The summed E-state index contributed by atoms with van der Waals surface area (Å²) in [4.78, 5) is 30.4. The third kappa shape index (κ3) is 3.23. The fraction of sp³-hybridized carbons (Fsp3) is 0.538. The van der Waals surface area contributed by atoms with E-state index in [0.29, 0.717) is 18.8 Å². The molecule has 1 aromatic heterocycles. The first-order chi connectivity index (χ1) is 9.59. The van der Waals surface area contributed by atoms with Crippen LogP contribution in [0.25, 0.3) is 0 Å². The molecule has 7 heteroatoms. The van der Waals surface area contributed by atoms with E-state index >= 15 is 0 Å². The van der Waals surface area contributed by atoms with Gasteiger partial charge in [-0.25, -0.2) is 9.97 Å². The van der Waals surface area contributed by atoms with Gasteiger partial charge in [0.2, 0.25) is 0 Å². The van der Waals surface area contributed by atoms with Crippen LogP contribution in [0.2, 0.25) is 0 Å². The summed E-state index contributed by atoms with van der Waals surface area (Å²) in [6.45, 7) is 0.454. The number of primary amides is 1. The van der Waals surface area contributed by atoms with Gasteiger partial charge in [0.25, 0.3) is 5.91 Å². The highest BCUT2D eigenvalue weighted by molar-refractivity contribution is 5.95. The molecule has 7 nitrogen and oxygen atoms in total. The molecule has 20 heavy (non-hydrogen) atoms. The van der Waals surface area contributed by atoms with Crippen molar-refractivity contribution in [3.63, 3.8) is 0 Å². The van der Waals surface area contributed by atoms with Crippen LogP contribution in [-0.4, -0.2) is 33.5 Å². The summed E-state index contributed by atoms with van der Waals surface area (Å²) in [6, 6.07) is 0. The maximum absolute atomic E-state index is 11.2. The normalized spacial score (nSPS) is 22.2. The summed E-state index contributed by atoms with van der Waals surface area (Å²) in [5.41, 5.74) is 5.30. The van der Waals surface area contributed by atoms with Crippen molar-refractivity contribution in [1.82, 2.24) is 9.97 Å². The van der Waals surface area contributed by atoms with Gasteiger partial charge in [-0.2, -0.15) is 0 Å². The van der Waals surface area contributed by atoms with Crippen molar-refractivity contribution in [2.24, 2.45) is 17.6 Å². The SMILES string of the molecule is NC(=O)c1nccnc1NCC1CCCCC1C(=O)O. The molecule has 1 aliphatic carbocycles. The Morgan fingerprint density at radius 3 is 2.70 bits per heavy atom. The molecule has 1 aromatic rings. The molecule has 1 fully saturated rings. The lowest BCUT2D eigenvalue weighted by Gasteiger charge is -2.28. The minimum Gasteiger partial charge on any atom is -0.481 e. The number of amides is 1. The summed E-state index contributed by atoms with van der Waals surface area (Å²) >= 11 is 0. The van der Waals surface area contributed by atoms with Gasteiger partial charge in [0.05, 0.1) is 5.92 Å². The summed E-state index contributed by atoms with van der Waals surface area (Å²) in [5, 5.41) is 12.2. The first kappa shape index (κ1) is 14.2. The molecule has 0 spiro atoms. The Kier molecular flexibility index (Phi) is 4.49. The predicted octanol–water partition coefficient (Wildman–Crippen LogP) is 0.878. The lowest BCUT2D eigenvalue weighted by molar-refractivity contribution is -0.144. The van der Waals surface area contributed by atoms with Gasteiger partial charge in [-0.1, -0.05) is 12.8 Å². The van der Waals surface area contributed by atoms with E-state index in [-0.39, 0.29) is 17.5 Å². The van der Waals surface area contributed by atoms with Crippen LogP contribution in [-0.2, 0) is 4.79 Å². The van der Waals surface area contributed by atoms with Crippen LogP contribution in [0.15, 0.2) is 12.4 Å². The first-order valence-corrected chi connectivity index (χ1v) is 6.67. The van der Waals surface area contributed by atoms with Crippen LogP contribution in [0.4, 0.5) is 5.82 Å². The molecule has 1 saturated carbocycles. The van der Waals surface area contributed by atoms with E-state index in [1.807, 2.05) is 0 Å². The quantitative estimate of drug-likeness (QED) is 0.735. The first-order valence-electron chi connectivity index (χ1n) is 6.67. The zero-order valence-electron chi connectivity index (χ0n) is 11.1. The van der Waals surface area contributed by atoms with Gasteiger partial charge in [0, 0.05) is 18.9 Å². The molecule has 1 aliphatic rings. The highest BCUT2D eigenvalue weighted by Gasteiger charge is 2.30. The molecule has 2 rings (SSSR count). The number of aromatic nitrogens is 2. The molecule has 1 amide bonds. The van der Waals surface area contributed by atoms with E-state index in [1.165, 1.54) is 12.4 Å². The summed E-state index contributed by atoms with van der Waals surface area (Å²) < 4.78 is 0. The third-order valence-corrected chi connectivity index (χ3v) is 3.69. The molecular weight excluding hydrogens is 260 g/mol. The van der Waals surface area contributed by atoms with Crippen molar-refractivity contribution in [2.75, 3.05) is 11.9 Å². The number of nitrogens with one attached hydrogen (secondary N) is 1. The molecule has 108 valence electrons. The van der Waals surface area contributed by atoms with Gasteiger partial charge in [0.1, 0.15) is 0 Å². The van der Waals surface area contributed by atoms with Gasteiger partial charge < -0.3 is 16.2 Å². The van der Waals surface area contributed by atoms with Crippen molar-refractivity contribution >= 4 is 17.7 Å². The van der Waals surface area contributed by atoms with E-state index in [0.717, 1.165) is 19.3 Å². The van der Waals surface area contributed by atoms with E-state index in [9.17, 15) is 14.7 Å². The van der Waals surface area contributed by atoms with Crippen LogP contribution in [0.1, 0.15) is 36.2 Å². The second-order valence-corrected chi connectivity index (χ2v) is 4.99. The minimum atomic E-state index is -0.759. The number of hydrogen-bond donors (Lipinski definition) is 3. The van der Waals surface area contributed by atoms with Gasteiger partial charge in [-0.3, -0.25) is 9.59 Å². The van der Waals surface area contributed by atoms with Crippen molar-refractivity contribution in [3.05, 3.63) is 18.1 Å². The Balaban J connectivity index is 2.04. The average Bonchev–Trinajstić information content (AvgIpc) is 2.45. The monoisotopic (exact) mass is 278 g/mol. The van der Waals surface area contributed by atoms with Crippen LogP contribution < -0.4 is 11.1 Å². The van der Waals surface area contributed by atoms with Gasteiger partial charge >= 0.3 is 5.97 Å². The summed E-state index contributed by atoms with van der Waals surface area (Å²) in [5.74, 6) is -1.41. The maximum Gasteiger partial charge on any atom is 0.306 e. The number of nitrogens with two attached hydrogens (primary N) is 1. The average molecular weight is 278 g/mol. The number of carbonyl (C=O) groups is 2. The highest BCUT2D eigenvalue weighted by atomic mass is 16.4. The van der Waals surface area contributed by atoms with E-state index < -0.39 is 11.9 Å². The fourth-order valence-electron chi connectivity index (χ4n) is 2.65. The van der Waals surface area contributed by atoms with Gasteiger partial charge in [0.15, 0.2) is 11.5 Å². The van der Waals surface area contributed by atoms with Gasteiger partial charge in [-0.15, -0.1) is 0 Å². The van der Waals surface area contributed by atoms with Crippen molar-refractivity contribution < 1.29 is 14.7 Å². The van der Waals surface area contributed by atoms with Crippen LogP contribution in [0, 0.1) is 11.8 Å². The minimum absolute atomic E-state index is 0.0315.